The summed E-state index contributed by atoms with van der Waals surface area (Å²) in [7, 11) is 3.86. The van der Waals surface area contributed by atoms with Crippen LogP contribution in [0.1, 0.15) is 12.8 Å². The van der Waals surface area contributed by atoms with Crippen LogP contribution in [0, 0.1) is 0 Å². The van der Waals surface area contributed by atoms with Crippen molar-refractivity contribution in [2.24, 2.45) is 5.84 Å². The summed E-state index contributed by atoms with van der Waals surface area (Å²) < 4.78 is 0. The number of carbonyl (C=O) groups is 3. The van der Waals surface area contributed by atoms with E-state index in [1.807, 2.05) is 19.0 Å². The van der Waals surface area contributed by atoms with Crippen LogP contribution in [0.15, 0.2) is 11.8 Å². The number of allylic oxidation sites excluding steroid dienone is 2. The zero-order chi connectivity index (χ0) is 13.0. The largest absolute Gasteiger partial charge is 0.309 e. The molecule has 0 unspecified atom stereocenters. The first-order valence-electron chi connectivity index (χ1n) is 5.41. The molecule has 0 fully saturated rings. The van der Waals surface area contributed by atoms with E-state index in [0.717, 1.165) is 19.0 Å². The van der Waals surface area contributed by atoms with Gasteiger partial charge < -0.3 is 9.91 Å². The highest BCUT2D eigenvalue weighted by atomic mass is 16.2. The van der Waals surface area contributed by atoms with Crippen LogP contribution in [-0.4, -0.2) is 54.4 Å². The lowest BCUT2D eigenvalue weighted by molar-refractivity contribution is -0.138. The number of Topliss-reactive ketones (excluding diaryl/α,β-unsaturated/α-hetero) is 2. The monoisotopic (exact) mass is 239 g/mol. The van der Waals surface area contributed by atoms with Gasteiger partial charge in [-0.15, -0.1) is 0 Å². The Kier molecular flexibility index (Phi) is 4.53. The summed E-state index contributed by atoms with van der Waals surface area (Å²) >= 11 is 0. The molecule has 0 aromatic carbocycles. The van der Waals surface area contributed by atoms with Gasteiger partial charge in [0.25, 0.3) is 0 Å². The van der Waals surface area contributed by atoms with Gasteiger partial charge in [-0.25, -0.2) is 5.84 Å². The summed E-state index contributed by atoms with van der Waals surface area (Å²) in [5, 5.41) is 1.18. The average molecular weight is 239 g/mol. The van der Waals surface area contributed by atoms with E-state index in [-0.39, 0.29) is 17.9 Å². The molecule has 0 aromatic heterocycles. The molecule has 0 heterocycles. The maximum absolute atomic E-state index is 11.5. The number of nitrogens with two attached hydrogens (primary N) is 1. The Bertz CT molecular complexity index is 374. The summed E-state index contributed by atoms with van der Waals surface area (Å²) in [5.74, 6) is 3.95. The van der Waals surface area contributed by atoms with E-state index in [1.165, 1.54) is 5.01 Å². The maximum Gasteiger partial charge on any atom is 0.246 e. The van der Waals surface area contributed by atoms with Gasteiger partial charge in [-0.05, 0) is 27.1 Å². The molecule has 6 heteroatoms. The van der Waals surface area contributed by atoms with E-state index in [9.17, 15) is 14.4 Å². The van der Waals surface area contributed by atoms with E-state index >= 15 is 0 Å². The standard InChI is InChI=1S/C11H17N3O3/c1-13(2)4-3-5-14(12)9-6-8(15)7-10(16)11(9)17/h6H,3-5,7,12H2,1-2H3. The Morgan fingerprint density at radius 2 is 1.88 bits per heavy atom. The molecule has 1 aliphatic rings. The fourth-order valence-corrected chi connectivity index (χ4v) is 1.54. The van der Waals surface area contributed by atoms with Crippen LogP contribution in [0.3, 0.4) is 0 Å². The number of hydrogen-bond acceptors (Lipinski definition) is 6. The molecule has 2 N–H and O–H groups in total. The van der Waals surface area contributed by atoms with Gasteiger partial charge in [0.15, 0.2) is 5.78 Å². The lowest BCUT2D eigenvalue weighted by atomic mass is 10.0. The zero-order valence-corrected chi connectivity index (χ0v) is 10.1. The Balaban J connectivity index is 2.61. The van der Waals surface area contributed by atoms with Crippen molar-refractivity contribution in [1.82, 2.24) is 9.91 Å². The lowest BCUT2D eigenvalue weighted by Gasteiger charge is -2.23. The second-order valence-corrected chi connectivity index (χ2v) is 4.28. The molecular weight excluding hydrogens is 222 g/mol. The number of ketones is 3. The predicted molar refractivity (Wildman–Crippen MR) is 61.8 cm³/mol. The van der Waals surface area contributed by atoms with Gasteiger partial charge in [0.1, 0.15) is 5.70 Å². The van der Waals surface area contributed by atoms with Crippen molar-refractivity contribution in [2.75, 3.05) is 27.2 Å². The summed E-state index contributed by atoms with van der Waals surface area (Å²) in [6.45, 7) is 1.24. The zero-order valence-electron chi connectivity index (χ0n) is 10.1. The van der Waals surface area contributed by atoms with Crippen molar-refractivity contribution in [3.8, 4) is 0 Å². The minimum atomic E-state index is -0.685. The van der Waals surface area contributed by atoms with E-state index in [0.29, 0.717) is 6.54 Å². The molecule has 1 rings (SSSR count). The topological polar surface area (TPSA) is 83.7 Å². The van der Waals surface area contributed by atoms with Gasteiger partial charge in [0, 0.05) is 12.6 Å². The Morgan fingerprint density at radius 1 is 1.24 bits per heavy atom. The van der Waals surface area contributed by atoms with E-state index in [1.54, 1.807) is 0 Å². The van der Waals surface area contributed by atoms with Crippen LogP contribution in [-0.2, 0) is 14.4 Å². The van der Waals surface area contributed by atoms with E-state index in [4.69, 9.17) is 5.84 Å². The summed E-state index contributed by atoms with van der Waals surface area (Å²) in [6, 6.07) is 0. The minimum absolute atomic E-state index is 0.00464. The second-order valence-electron chi connectivity index (χ2n) is 4.28. The smallest absolute Gasteiger partial charge is 0.246 e. The summed E-state index contributed by atoms with van der Waals surface area (Å²) in [5.41, 5.74) is 0.00464. The third-order valence-electron chi connectivity index (χ3n) is 2.43. The first-order valence-corrected chi connectivity index (χ1v) is 5.41. The Morgan fingerprint density at radius 3 is 2.47 bits per heavy atom. The molecule has 17 heavy (non-hydrogen) atoms. The van der Waals surface area contributed by atoms with Crippen LogP contribution < -0.4 is 5.84 Å². The fraction of sp³-hybridized carbons (Fsp3) is 0.545. The Labute approximate surface area is 100 Å². The molecule has 6 nitrogen and oxygen atoms in total. The van der Waals surface area contributed by atoms with Crippen LogP contribution in [0.25, 0.3) is 0 Å². The molecule has 0 saturated carbocycles. The predicted octanol–water partition coefficient (Wildman–Crippen LogP) is -0.891. The van der Waals surface area contributed by atoms with Crippen molar-refractivity contribution in [1.29, 1.82) is 0 Å². The van der Waals surface area contributed by atoms with Crippen LogP contribution in [0.5, 0.6) is 0 Å². The molecule has 0 aromatic rings. The van der Waals surface area contributed by atoms with Crippen LogP contribution in [0.2, 0.25) is 0 Å². The minimum Gasteiger partial charge on any atom is -0.309 e. The molecule has 0 atom stereocenters. The van der Waals surface area contributed by atoms with Crippen molar-refractivity contribution >= 4 is 17.3 Å². The number of rotatable bonds is 5. The van der Waals surface area contributed by atoms with Crippen LogP contribution in [0.4, 0.5) is 0 Å². The first kappa shape index (κ1) is 13.5. The van der Waals surface area contributed by atoms with Crippen molar-refractivity contribution in [2.45, 2.75) is 12.8 Å². The van der Waals surface area contributed by atoms with Gasteiger partial charge in [-0.2, -0.15) is 0 Å². The first-order chi connectivity index (χ1) is 7.91. The highest BCUT2D eigenvalue weighted by Gasteiger charge is 2.29. The number of carbonyl (C=O) groups excluding carboxylic acids is 3. The number of hydrazine groups is 1. The molecule has 0 bridgehead atoms. The van der Waals surface area contributed by atoms with Gasteiger partial charge in [-0.1, -0.05) is 0 Å². The van der Waals surface area contributed by atoms with Crippen molar-refractivity contribution in [3.63, 3.8) is 0 Å². The van der Waals surface area contributed by atoms with Gasteiger partial charge >= 0.3 is 0 Å². The third kappa shape index (κ3) is 3.76. The molecule has 1 aliphatic carbocycles. The SMILES string of the molecule is CN(C)CCCN(N)C1=CC(=O)CC(=O)C1=O. The van der Waals surface area contributed by atoms with Gasteiger partial charge in [-0.3, -0.25) is 14.4 Å². The van der Waals surface area contributed by atoms with Gasteiger partial charge in [0.2, 0.25) is 11.6 Å². The fourth-order valence-electron chi connectivity index (χ4n) is 1.54. The lowest BCUT2D eigenvalue weighted by Crippen LogP contribution is -2.40. The molecule has 0 radical (unpaired) electrons. The maximum atomic E-state index is 11.5. The molecule has 0 aliphatic heterocycles. The van der Waals surface area contributed by atoms with Crippen LogP contribution >= 0.6 is 0 Å². The molecule has 0 spiro atoms. The van der Waals surface area contributed by atoms with E-state index in [2.05, 4.69) is 0 Å². The van der Waals surface area contributed by atoms with Crippen molar-refractivity contribution in [3.05, 3.63) is 11.8 Å². The van der Waals surface area contributed by atoms with E-state index < -0.39 is 11.6 Å². The summed E-state index contributed by atoms with van der Waals surface area (Å²) in [6.07, 6.45) is 1.56. The number of nitrogens with zero attached hydrogens (tertiary/aromatic N) is 2. The molecule has 94 valence electrons. The molecule has 0 amide bonds. The molecule has 0 saturated heterocycles. The van der Waals surface area contributed by atoms with Crippen molar-refractivity contribution < 1.29 is 14.4 Å². The number of hydrogen-bond donors (Lipinski definition) is 1. The summed E-state index contributed by atoms with van der Waals surface area (Å²) in [4.78, 5) is 35.9. The highest BCUT2D eigenvalue weighted by molar-refractivity contribution is 6.48. The quantitative estimate of drug-likeness (QED) is 0.290. The normalized spacial score (nSPS) is 16.5. The van der Waals surface area contributed by atoms with Gasteiger partial charge in [0.05, 0.1) is 6.42 Å². The Hall–Kier alpha value is -1.53. The highest BCUT2D eigenvalue weighted by Crippen LogP contribution is 2.11. The third-order valence-corrected chi connectivity index (χ3v) is 2.43. The second kappa shape index (κ2) is 5.70. The molecular formula is C11H17N3O3. The average Bonchev–Trinajstić information content (AvgIpc) is 2.22.